The first-order valence-electron chi connectivity index (χ1n) is 4.89. The summed E-state index contributed by atoms with van der Waals surface area (Å²) in [5.74, 6) is -0.0213. The Morgan fingerprint density at radius 2 is 2.29 bits per heavy atom. The van der Waals surface area contributed by atoms with Crippen molar-refractivity contribution in [3.05, 3.63) is 24.0 Å². The summed E-state index contributed by atoms with van der Waals surface area (Å²) in [4.78, 5) is 14.5. The zero-order chi connectivity index (χ0) is 10.4. The smallest absolute Gasteiger partial charge is 0.195 e. The van der Waals surface area contributed by atoms with Crippen molar-refractivity contribution in [2.24, 2.45) is 11.5 Å². The first-order valence-corrected chi connectivity index (χ1v) is 4.89. The minimum atomic E-state index is -0.403. The van der Waals surface area contributed by atoms with E-state index in [2.05, 4.69) is 4.98 Å². The number of hydrogen-bond donors (Lipinski definition) is 3. The van der Waals surface area contributed by atoms with Gasteiger partial charge in [-0.05, 0) is 31.5 Å². The largest absolute Gasteiger partial charge is 0.359 e. The number of carbonyl (C=O) groups excluding carboxylic acids is 1. The van der Waals surface area contributed by atoms with Gasteiger partial charge in [-0.2, -0.15) is 0 Å². The number of aromatic nitrogens is 1. The summed E-state index contributed by atoms with van der Waals surface area (Å²) >= 11 is 0. The van der Waals surface area contributed by atoms with Crippen LogP contribution in [0.2, 0.25) is 0 Å². The molecule has 78 valence electrons. The molecule has 5 N–H and O–H groups in total. The molecular formula is C10H17N3O. The molecule has 0 saturated heterocycles. The molecular weight excluding hydrogens is 178 g/mol. The first kappa shape index (κ1) is 10.9. The molecule has 1 rings (SSSR count). The van der Waals surface area contributed by atoms with Crippen LogP contribution in [0.3, 0.4) is 0 Å². The molecule has 0 saturated carbocycles. The number of nitrogens with one attached hydrogen (secondary N) is 1. The molecule has 0 spiro atoms. The van der Waals surface area contributed by atoms with Crippen LogP contribution < -0.4 is 11.5 Å². The molecule has 0 aliphatic carbocycles. The molecule has 0 fully saturated rings. The number of carbonyl (C=O) groups is 1. The van der Waals surface area contributed by atoms with Crippen molar-refractivity contribution in [3.63, 3.8) is 0 Å². The van der Waals surface area contributed by atoms with E-state index < -0.39 is 6.04 Å². The van der Waals surface area contributed by atoms with Crippen LogP contribution in [0.25, 0.3) is 0 Å². The van der Waals surface area contributed by atoms with Gasteiger partial charge in [-0.15, -0.1) is 0 Å². The Morgan fingerprint density at radius 1 is 1.50 bits per heavy atom. The lowest BCUT2D eigenvalue weighted by atomic mass is 10.0. The number of aromatic amines is 1. The van der Waals surface area contributed by atoms with Crippen molar-refractivity contribution < 1.29 is 4.79 Å². The fourth-order valence-electron chi connectivity index (χ4n) is 1.32. The Bertz CT molecular complexity index is 269. The minimum Gasteiger partial charge on any atom is -0.359 e. The molecule has 1 aromatic rings. The monoisotopic (exact) mass is 195 g/mol. The lowest BCUT2D eigenvalue weighted by molar-refractivity contribution is 0.0952. The second-order valence-corrected chi connectivity index (χ2v) is 3.34. The van der Waals surface area contributed by atoms with E-state index in [0.717, 1.165) is 12.8 Å². The fourth-order valence-corrected chi connectivity index (χ4v) is 1.32. The van der Waals surface area contributed by atoms with E-state index in [0.29, 0.717) is 18.7 Å². The summed E-state index contributed by atoms with van der Waals surface area (Å²) in [6.07, 6.45) is 4.25. The zero-order valence-electron chi connectivity index (χ0n) is 8.20. The summed E-state index contributed by atoms with van der Waals surface area (Å²) in [5.41, 5.74) is 11.7. The standard InChI is InChI=1S/C10H17N3O/c11-6-2-1-4-8(12)10(14)9-5-3-7-13-9/h3,5,7-8,13H,1-2,4,6,11-12H2/t8-/m0/s1. The number of Topliss-reactive ketones (excluding diaryl/α,β-unsaturated/α-hetero) is 1. The van der Waals surface area contributed by atoms with Gasteiger partial charge in [-0.25, -0.2) is 0 Å². The van der Waals surface area contributed by atoms with Crippen molar-refractivity contribution in [2.45, 2.75) is 25.3 Å². The Morgan fingerprint density at radius 3 is 2.86 bits per heavy atom. The molecule has 14 heavy (non-hydrogen) atoms. The zero-order valence-corrected chi connectivity index (χ0v) is 8.20. The van der Waals surface area contributed by atoms with Crippen LogP contribution >= 0.6 is 0 Å². The van der Waals surface area contributed by atoms with Crippen LogP contribution in [-0.2, 0) is 0 Å². The molecule has 0 aliphatic heterocycles. The van der Waals surface area contributed by atoms with Crippen LogP contribution in [-0.4, -0.2) is 23.4 Å². The van der Waals surface area contributed by atoms with Crippen molar-refractivity contribution in [3.8, 4) is 0 Å². The molecule has 0 radical (unpaired) electrons. The average molecular weight is 195 g/mol. The highest BCUT2D eigenvalue weighted by molar-refractivity contribution is 5.98. The van der Waals surface area contributed by atoms with Gasteiger partial charge < -0.3 is 16.5 Å². The van der Waals surface area contributed by atoms with Crippen molar-refractivity contribution in [1.29, 1.82) is 0 Å². The molecule has 1 atom stereocenters. The van der Waals surface area contributed by atoms with Gasteiger partial charge in [0.2, 0.25) is 0 Å². The molecule has 0 amide bonds. The highest BCUT2D eigenvalue weighted by Crippen LogP contribution is 2.05. The topological polar surface area (TPSA) is 84.9 Å². The predicted octanol–water partition coefficient (Wildman–Crippen LogP) is 0.654. The normalized spacial score (nSPS) is 12.7. The highest BCUT2D eigenvalue weighted by atomic mass is 16.1. The van der Waals surface area contributed by atoms with Crippen LogP contribution in [0.5, 0.6) is 0 Å². The number of ketones is 1. The van der Waals surface area contributed by atoms with Gasteiger partial charge in [0.1, 0.15) is 0 Å². The van der Waals surface area contributed by atoms with E-state index in [1.807, 2.05) is 0 Å². The third-order valence-electron chi connectivity index (χ3n) is 2.17. The highest BCUT2D eigenvalue weighted by Gasteiger charge is 2.15. The van der Waals surface area contributed by atoms with E-state index in [-0.39, 0.29) is 5.78 Å². The third kappa shape index (κ3) is 2.97. The molecule has 0 bridgehead atoms. The van der Waals surface area contributed by atoms with E-state index >= 15 is 0 Å². The van der Waals surface area contributed by atoms with Crippen LogP contribution in [0, 0.1) is 0 Å². The Kier molecular flexibility index (Phi) is 4.35. The van der Waals surface area contributed by atoms with E-state index in [1.165, 1.54) is 0 Å². The van der Waals surface area contributed by atoms with Crippen LogP contribution in [0.15, 0.2) is 18.3 Å². The minimum absolute atomic E-state index is 0.0213. The van der Waals surface area contributed by atoms with E-state index in [9.17, 15) is 4.79 Å². The number of nitrogens with two attached hydrogens (primary N) is 2. The van der Waals surface area contributed by atoms with Crippen molar-refractivity contribution >= 4 is 5.78 Å². The molecule has 1 heterocycles. The Balaban J connectivity index is 2.37. The van der Waals surface area contributed by atoms with E-state index in [1.54, 1.807) is 18.3 Å². The lowest BCUT2D eigenvalue weighted by Gasteiger charge is -2.08. The molecule has 0 aliphatic rings. The second-order valence-electron chi connectivity index (χ2n) is 3.34. The van der Waals surface area contributed by atoms with Gasteiger partial charge in [0.05, 0.1) is 11.7 Å². The summed E-state index contributed by atoms with van der Waals surface area (Å²) < 4.78 is 0. The number of hydrogen-bond acceptors (Lipinski definition) is 3. The Hall–Kier alpha value is -1.13. The van der Waals surface area contributed by atoms with Gasteiger partial charge in [-0.1, -0.05) is 6.42 Å². The maximum Gasteiger partial charge on any atom is 0.195 e. The lowest BCUT2D eigenvalue weighted by Crippen LogP contribution is -2.30. The number of rotatable bonds is 6. The summed E-state index contributed by atoms with van der Waals surface area (Å²) in [6.45, 7) is 0.656. The van der Waals surface area contributed by atoms with Gasteiger partial charge in [-0.3, -0.25) is 4.79 Å². The fraction of sp³-hybridized carbons (Fsp3) is 0.500. The maximum atomic E-state index is 11.6. The second kappa shape index (κ2) is 5.57. The van der Waals surface area contributed by atoms with Crippen molar-refractivity contribution in [1.82, 2.24) is 4.98 Å². The molecule has 1 aromatic heterocycles. The maximum absolute atomic E-state index is 11.6. The van der Waals surface area contributed by atoms with E-state index in [4.69, 9.17) is 11.5 Å². The number of H-pyrrole nitrogens is 1. The van der Waals surface area contributed by atoms with Gasteiger partial charge in [0.15, 0.2) is 5.78 Å². The molecule has 0 aromatic carbocycles. The predicted molar refractivity (Wildman–Crippen MR) is 56.0 cm³/mol. The summed E-state index contributed by atoms with van der Waals surface area (Å²) in [5, 5.41) is 0. The average Bonchev–Trinajstić information content (AvgIpc) is 2.69. The quantitative estimate of drug-likeness (QED) is 0.460. The van der Waals surface area contributed by atoms with Crippen LogP contribution in [0.4, 0.5) is 0 Å². The molecule has 0 unspecified atom stereocenters. The van der Waals surface area contributed by atoms with Gasteiger partial charge >= 0.3 is 0 Å². The van der Waals surface area contributed by atoms with Crippen LogP contribution in [0.1, 0.15) is 29.8 Å². The van der Waals surface area contributed by atoms with Crippen molar-refractivity contribution in [2.75, 3.05) is 6.54 Å². The Labute approximate surface area is 83.7 Å². The third-order valence-corrected chi connectivity index (χ3v) is 2.17. The van der Waals surface area contributed by atoms with Gasteiger partial charge in [0, 0.05) is 6.20 Å². The number of unbranched alkanes of at least 4 members (excludes halogenated alkanes) is 1. The first-order chi connectivity index (χ1) is 6.75. The summed E-state index contributed by atoms with van der Waals surface area (Å²) in [6, 6.07) is 3.13. The van der Waals surface area contributed by atoms with Gasteiger partial charge in [0.25, 0.3) is 0 Å². The summed E-state index contributed by atoms with van der Waals surface area (Å²) in [7, 11) is 0. The molecule has 4 nitrogen and oxygen atoms in total. The SMILES string of the molecule is NCCCC[C@H](N)C(=O)c1ccc[nH]1. The molecule has 4 heteroatoms.